The van der Waals surface area contributed by atoms with Gasteiger partial charge >= 0.3 is 0 Å². The molecule has 0 heterocycles. The fourth-order valence-electron chi connectivity index (χ4n) is 4.94. The number of hydrogen-bond acceptors (Lipinski definition) is 3. The maximum absolute atomic E-state index is 13.1. The van der Waals surface area contributed by atoms with Crippen LogP contribution in [0.2, 0.25) is 0 Å². The molecule has 0 saturated heterocycles. The Hall–Kier alpha value is -2.33. The lowest BCUT2D eigenvalue weighted by atomic mass is 9.94. The van der Waals surface area contributed by atoms with E-state index in [1.165, 1.54) is 24.0 Å². The van der Waals surface area contributed by atoms with Gasteiger partial charge in [-0.3, -0.25) is 4.79 Å². The number of aromatic hydroxyl groups is 1. The summed E-state index contributed by atoms with van der Waals surface area (Å²) in [6, 6.07) is 18.1. The van der Waals surface area contributed by atoms with Crippen molar-refractivity contribution >= 4 is 5.91 Å². The summed E-state index contributed by atoms with van der Waals surface area (Å²) >= 11 is 0. The molecule has 2 aromatic rings. The van der Waals surface area contributed by atoms with Crippen LogP contribution in [-0.4, -0.2) is 42.1 Å². The number of amides is 1. The van der Waals surface area contributed by atoms with Gasteiger partial charge in [-0.1, -0.05) is 56.3 Å². The highest BCUT2D eigenvalue weighted by Gasteiger charge is 2.62. The normalized spacial score (nSPS) is 26.4. The Kier molecular flexibility index (Phi) is 5.88. The van der Waals surface area contributed by atoms with E-state index in [4.69, 9.17) is 0 Å². The molecule has 0 aliphatic heterocycles. The SMILES string of the molecule is CC1C(C(=O)NC[C@H](Cc2ccc(O)cc2)N(C)CC2CC2)[C@]1(C)c1ccccc1. The fourth-order valence-corrected chi connectivity index (χ4v) is 4.94. The Labute approximate surface area is 180 Å². The molecule has 2 aromatic carbocycles. The van der Waals surface area contributed by atoms with Gasteiger partial charge < -0.3 is 15.3 Å². The van der Waals surface area contributed by atoms with E-state index in [1.807, 2.05) is 18.2 Å². The summed E-state index contributed by atoms with van der Waals surface area (Å²) in [7, 11) is 2.17. The summed E-state index contributed by atoms with van der Waals surface area (Å²) in [6.07, 6.45) is 3.50. The monoisotopic (exact) mass is 406 g/mol. The van der Waals surface area contributed by atoms with E-state index in [2.05, 4.69) is 55.4 Å². The fraction of sp³-hybridized carbons (Fsp3) is 0.500. The first-order valence-electron chi connectivity index (χ1n) is 11.2. The molecule has 0 spiro atoms. The van der Waals surface area contributed by atoms with Gasteiger partial charge in [-0.25, -0.2) is 0 Å². The maximum atomic E-state index is 13.1. The van der Waals surface area contributed by atoms with Crippen molar-refractivity contribution in [3.05, 3.63) is 65.7 Å². The molecule has 2 unspecified atom stereocenters. The first-order chi connectivity index (χ1) is 14.4. The Morgan fingerprint density at radius 3 is 2.47 bits per heavy atom. The molecule has 4 heteroatoms. The number of carbonyl (C=O) groups is 1. The number of carbonyl (C=O) groups excluding carboxylic acids is 1. The van der Waals surface area contributed by atoms with E-state index in [0.717, 1.165) is 18.9 Å². The summed E-state index contributed by atoms with van der Waals surface area (Å²) in [5.74, 6) is 1.64. The lowest BCUT2D eigenvalue weighted by molar-refractivity contribution is -0.123. The molecule has 2 aliphatic rings. The number of phenolic OH excluding ortho intramolecular Hbond substituents is 1. The quantitative estimate of drug-likeness (QED) is 0.662. The standard InChI is InChI=1S/C26H34N2O2/c1-18-24(26(18,2)21-7-5-4-6-8-21)25(30)27-16-22(28(3)17-20-9-10-20)15-19-11-13-23(29)14-12-19/h4-8,11-14,18,20,22,24,29H,9-10,15-17H2,1-3H3,(H,27,30)/t18?,22-,24?,26-/m0/s1. The van der Waals surface area contributed by atoms with Crippen LogP contribution in [0.25, 0.3) is 0 Å². The molecule has 0 bridgehead atoms. The number of hydrogen-bond donors (Lipinski definition) is 2. The second-order valence-corrected chi connectivity index (χ2v) is 9.57. The zero-order valence-corrected chi connectivity index (χ0v) is 18.3. The largest absolute Gasteiger partial charge is 0.508 e. The van der Waals surface area contributed by atoms with Crippen molar-refractivity contribution in [2.75, 3.05) is 20.1 Å². The summed E-state index contributed by atoms with van der Waals surface area (Å²) in [5, 5.41) is 12.8. The van der Waals surface area contributed by atoms with Crippen LogP contribution in [0.15, 0.2) is 54.6 Å². The molecule has 2 saturated carbocycles. The molecule has 2 N–H and O–H groups in total. The predicted molar refractivity (Wildman–Crippen MR) is 120 cm³/mol. The summed E-state index contributed by atoms with van der Waals surface area (Å²) < 4.78 is 0. The van der Waals surface area contributed by atoms with Crippen LogP contribution in [0.1, 0.15) is 37.8 Å². The van der Waals surface area contributed by atoms with Gasteiger partial charge in [0.15, 0.2) is 0 Å². The molecular formula is C26H34N2O2. The van der Waals surface area contributed by atoms with Gasteiger partial charge in [0.05, 0.1) is 5.92 Å². The Morgan fingerprint density at radius 1 is 1.17 bits per heavy atom. The molecule has 160 valence electrons. The molecule has 0 radical (unpaired) electrons. The van der Waals surface area contributed by atoms with Crippen molar-refractivity contribution in [2.24, 2.45) is 17.8 Å². The van der Waals surface area contributed by atoms with E-state index < -0.39 is 0 Å². The molecule has 2 fully saturated rings. The average molecular weight is 407 g/mol. The van der Waals surface area contributed by atoms with Gasteiger partial charge in [0.25, 0.3) is 0 Å². The second kappa shape index (κ2) is 8.43. The maximum Gasteiger partial charge on any atom is 0.224 e. The smallest absolute Gasteiger partial charge is 0.224 e. The Morgan fingerprint density at radius 2 is 1.83 bits per heavy atom. The minimum Gasteiger partial charge on any atom is -0.508 e. The Balaban J connectivity index is 1.40. The zero-order valence-electron chi connectivity index (χ0n) is 18.3. The number of rotatable bonds is 9. The molecule has 1 amide bonds. The van der Waals surface area contributed by atoms with E-state index in [1.54, 1.807) is 12.1 Å². The van der Waals surface area contributed by atoms with Crippen molar-refractivity contribution in [1.82, 2.24) is 10.2 Å². The summed E-state index contributed by atoms with van der Waals surface area (Å²) in [6.45, 7) is 6.13. The zero-order chi connectivity index (χ0) is 21.3. The van der Waals surface area contributed by atoms with Gasteiger partial charge in [-0.15, -0.1) is 0 Å². The number of nitrogens with one attached hydrogen (secondary N) is 1. The van der Waals surface area contributed by atoms with Crippen molar-refractivity contribution in [2.45, 2.75) is 44.6 Å². The van der Waals surface area contributed by atoms with E-state index in [0.29, 0.717) is 12.5 Å². The molecule has 30 heavy (non-hydrogen) atoms. The van der Waals surface area contributed by atoms with Crippen LogP contribution in [0, 0.1) is 17.8 Å². The van der Waals surface area contributed by atoms with Crippen molar-refractivity contribution in [3.8, 4) is 5.75 Å². The molecule has 4 atom stereocenters. The highest BCUT2D eigenvalue weighted by molar-refractivity contribution is 5.85. The van der Waals surface area contributed by atoms with Crippen molar-refractivity contribution < 1.29 is 9.90 Å². The summed E-state index contributed by atoms with van der Waals surface area (Å²) in [4.78, 5) is 15.5. The minimum atomic E-state index is -0.0717. The van der Waals surface area contributed by atoms with Crippen LogP contribution in [0.3, 0.4) is 0 Å². The average Bonchev–Trinajstić information content (AvgIpc) is 3.65. The number of nitrogens with zero attached hydrogens (tertiary/aromatic N) is 1. The van der Waals surface area contributed by atoms with E-state index >= 15 is 0 Å². The molecular weight excluding hydrogens is 372 g/mol. The van der Waals surface area contributed by atoms with Gasteiger partial charge in [-0.2, -0.15) is 0 Å². The minimum absolute atomic E-state index is 0.0305. The van der Waals surface area contributed by atoms with Crippen LogP contribution in [0.4, 0.5) is 0 Å². The van der Waals surface area contributed by atoms with Crippen LogP contribution in [0.5, 0.6) is 5.75 Å². The van der Waals surface area contributed by atoms with Gasteiger partial charge in [0.1, 0.15) is 5.75 Å². The van der Waals surface area contributed by atoms with Crippen molar-refractivity contribution in [1.29, 1.82) is 0 Å². The lowest BCUT2D eigenvalue weighted by Gasteiger charge is -2.29. The molecule has 2 aliphatic carbocycles. The molecule has 4 rings (SSSR count). The molecule has 4 nitrogen and oxygen atoms in total. The van der Waals surface area contributed by atoms with Gasteiger partial charge in [-0.05, 0) is 61.4 Å². The highest BCUT2D eigenvalue weighted by atomic mass is 16.3. The second-order valence-electron chi connectivity index (χ2n) is 9.57. The van der Waals surface area contributed by atoms with Gasteiger partial charge in [0.2, 0.25) is 5.91 Å². The van der Waals surface area contributed by atoms with E-state index in [9.17, 15) is 9.90 Å². The van der Waals surface area contributed by atoms with Crippen LogP contribution >= 0.6 is 0 Å². The number of phenols is 1. The summed E-state index contributed by atoms with van der Waals surface area (Å²) in [5.41, 5.74) is 2.37. The molecule has 0 aromatic heterocycles. The van der Waals surface area contributed by atoms with Crippen molar-refractivity contribution in [3.63, 3.8) is 0 Å². The predicted octanol–water partition coefficient (Wildman–Crippen LogP) is 3.99. The Bertz CT molecular complexity index is 862. The van der Waals surface area contributed by atoms with E-state index in [-0.39, 0.29) is 29.0 Å². The highest BCUT2D eigenvalue weighted by Crippen LogP contribution is 2.59. The number of likely N-dealkylation sites (N-methyl/N-ethyl adjacent to an activating group) is 1. The van der Waals surface area contributed by atoms with Crippen LogP contribution in [-0.2, 0) is 16.6 Å². The topological polar surface area (TPSA) is 52.6 Å². The third-order valence-electron chi connectivity index (χ3n) is 7.45. The third kappa shape index (κ3) is 4.39. The van der Waals surface area contributed by atoms with Crippen LogP contribution < -0.4 is 5.32 Å². The third-order valence-corrected chi connectivity index (χ3v) is 7.45. The first kappa shape index (κ1) is 20.9. The lowest BCUT2D eigenvalue weighted by Crippen LogP contribution is -2.45. The first-order valence-corrected chi connectivity index (χ1v) is 11.2. The number of benzene rings is 2. The van der Waals surface area contributed by atoms with Gasteiger partial charge in [0, 0.05) is 24.5 Å².